The Bertz CT molecular complexity index is 429. The van der Waals surface area contributed by atoms with E-state index in [1.54, 1.807) is 0 Å². The second-order valence-electron chi connectivity index (χ2n) is 3.62. The Labute approximate surface area is 105 Å². The van der Waals surface area contributed by atoms with E-state index in [1.807, 2.05) is 11.5 Å². The SMILES string of the molecule is C#Cc1nc(/C=C\CCCCCC(=O)O)cs1. The van der Waals surface area contributed by atoms with Gasteiger partial charge in [0.1, 0.15) is 0 Å². The van der Waals surface area contributed by atoms with Crippen molar-refractivity contribution in [1.82, 2.24) is 4.98 Å². The van der Waals surface area contributed by atoms with Crippen LogP contribution in [0.15, 0.2) is 11.5 Å². The molecule has 4 heteroatoms. The number of allylic oxidation sites excluding steroid dienone is 1. The zero-order valence-electron chi connectivity index (χ0n) is 9.56. The Morgan fingerprint density at radius 2 is 2.35 bits per heavy atom. The van der Waals surface area contributed by atoms with E-state index in [0.717, 1.165) is 31.4 Å². The molecule has 0 radical (unpaired) electrons. The molecule has 1 heterocycles. The first-order valence-electron chi connectivity index (χ1n) is 5.53. The van der Waals surface area contributed by atoms with Crippen LogP contribution in [0.3, 0.4) is 0 Å². The van der Waals surface area contributed by atoms with Gasteiger partial charge in [0, 0.05) is 11.8 Å². The number of unbranched alkanes of at least 4 members (excludes halogenated alkanes) is 3. The van der Waals surface area contributed by atoms with Crippen molar-refractivity contribution in [2.24, 2.45) is 0 Å². The molecule has 0 aliphatic carbocycles. The molecule has 0 saturated heterocycles. The number of rotatable bonds is 7. The molecular formula is C13H15NO2S. The molecule has 0 spiro atoms. The summed E-state index contributed by atoms with van der Waals surface area (Å²) in [5.74, 6) is 1.78. The van der Waals surface area contributed by atoms with Crippen molar-refractivity contribution in [3.05, 3.63) is 22.2 Å². The fraction of sp³-hybridized carbons (Fsp3) is 0.385. The third kappa shape index (κ3) is 5.88. The molecule has 1 rings (SSSR count). The largest absolute Gasteiger partial charge is 0.481 e. The monoisotopic (exact) mass is 249 g/mol. The zero-order valence-corrected chi connectivity index (χ0v) is 10.4. The van der Waals surface area contributed by atoms with Crippen molar-refractivity contribution >= 4 is 23.4 Å². The smallest absolute Gasteiger partial charge is 0.303 e. The second kappa shape index (κ2) is 7.64. The molecule has 0 aliphatic heterocycles. The van der Waals surface area contributed by atoms with Crippen molar-refractivity contribution < 1.29 is 9.90 Å². The lowest BCUT2D eigenvalue weighted by atomic mass is 10.1. The average molecular weight is 249 g/mol. The molecule has 0 unspecified atom stereocenters. The third-order valence-corrected chi connectivity index (χ3v) is 2.99. The van der Waals surface area contributed by atoms with Gasteiger partial charge in [0.25, 0.3) is 0 Å². The summed E-state index contributed by atoms with van der Waals surface area (Å²) in [5, 5.41) is 11.1. The maximum atomic E-state index is 10.3. The van der Waals surface area contributed by atoms with Crippen LogP contribution >= 0.6 is 11.3 Å². The third-order valence-electron chi connectivity index (χ3n) is 2.20. The summed E-state index contributed by atoms with van der Waals surface area (Å²) >= 11 is 1.46. The summed E-state index contributed by atoms with van der Waals surface area (Å²) in [7, 11) is 0. The first-order valence-corrected chi connectivity index (χ1v) is 6.41. The number of hydrogen-bond donors (Lipinski definition) is 1. The van der Waals surface area contributed by atoms with E-state index in [0.29, 0.717) is 5.01 Å². The predicted octanol–water partition coefficient (Wildman–Crippen LogP) is 3.17. The highest BCUT2D eigenvalue weighted by molar-refractivity contribution is 7.10. The van der Waals surface area contributed by atoms with Crippen LogP contribution in [0.25, 0.3) is 6.08 Å². The first kappa shape index (κ1) is 13.5. The van der Waals surface area contributed by atoms with Gasteiger partial charge in [0.05, 0.1) is 5.69 Å². The average Bonchev–Trinajstić information content (AvgIpc) is 2.75. The molecule has 0 atom stereocenters. The highest BCUT2D eigenvalue weighted by Gasteiger charge is 1.96. The van der Waals surface area contributed by atoms with E-state index in [1.165, 1.54) is 11.3 Å². The van der Waals surface area contributed by atoms with E-state index in [9.17, 15) is 4.79 Å². The highest BCUT2D eigenvalue weighted by Crippen LogP contribution is 2.11. The van der Waals surface area contributed by atoms with Crippen molar-refractivity contribution in [3.63, 3.8) is 0 Å². The van der Waals surface area contributed by atoms with Gasteiger partial charge in [-0.15, -0.1) is 17.8 Å². The van der Waals surface area contributed by atoms with E-state index < -0.39 is 5.97 Å². The number of hydrogen-bond acceptors (Lipinski definition) is 3. The Hall–Kier alpha value is -1.60. The first-order chi connectivity index (χ1) is 8.22. The molecule has 17 heavy (non-hydrogen) atoms. The molecule has 3 nitrogen and oxygen atoms in total. The molecule has 1 aromatic rings. The molecule has 1 aromatic heterocycles. The standard InChI is InChI=1S/C13H15NO2S/c1-2-12-14-11(10-17-12)8-6-4-3-5-7-9-13(15)16/h1,6,8,10H,3-5,7,9H2,(H,15,16)/b8-6-. The number of carboxylic acids is 1. The van der Waals surface area contributed by atoms with Gasteiger partial charge in [-0.25, -0.2) is 4.98 Å². The minimum atomic E-state index is -0.718. The summed E-state index contributed by atoms with van der Waals surface area (Å²) < 4.78 is 0. The molecule has 0 amide bonds. The summed E-state index contributed by atoms with van der Waals surface area (Å²) in [5.41, 5.74) is 0.897. The van der Waals surface area contributed by atoms with Crippen LogP contribution in [0.5, 0.6) is 0 Å². The number of terminal acetylenes is 1. The van der Waals surface area contributed by atoms with Gasteiger partial charge in [0.15, 0.2) is 5.01 Å². The number of carboxylic acid groups (broad SMARTS) is 1. The molecule has 90 valence electrons. The number of carbonyl (C=O) groups is 1. The zero-order chi connectivity index (χ0) is 12.5. The molecule has 0 fully saturated rings. The van der Waals surface area contributed by atoms with Gasteiger partial charge >= 0.3 is 5.97 Å². The van der Waals surface area contributed by atoms with Crippen molar-refractivity contribution in [2.75, 3.05) is 0 Å². The number of aromatic nitrogens is 1. The predicted molar refractivity (Wildman–Crippen MR) is 69.8 cm³/mol. The maximum Gasteiger partial charge on any atom is 0.303 e. The fourth-order valence-corrected chi connectivity index (χ4v) is 1.94. The molecular weight excluding hydrogens is 234 g/mol. The molecule has 0 saturated carbocycles. The molecule has 0 aliphatic rings. The van der Waals surface area contributed by atoms with Crippen molar-refractivity contribution in [3.8, 4) is 12.3 Å². The lowest BCUT2D eigenvalue weighted by molar-refractivity contribution is -0.137. The summed E-state index contributed by atoms with van der Waals surface area (Å²) in [6.45, 7) is 0. The Balaban J connectivity index is 2.14. The Kier molecular flexibility index (Phi) is 6.05. The van der Waals surface area contributed by atoms with Gasteiger partial charge in [-0.05, 0) is 31.3 Å². The van der Waals surface area contributed by atoms with Crippen molar-refractivity contribution in [2.45, 2.75) is 32.1 Å². The van der Waals surface area contributed by atoms with Crippen LogP contribution in [0, 0.1) is 12.3 Å². The van der Waals surface area contributed by atoms with Crippen LogP contribution in [-0.4, -0.2) is 16.1 Å². The van der Waals surface area contributed by atoms with Gasteiger partial charge in [-0.3, -0.25) is 4.79 Å². The minimum absolute atomic E-state index is 0.265. The summed E-state index contributed by atoms with van der Waals surface area (Å²) in [4.78, 5) is 14.5. The minimum Gasteiger partial charge on any atom is -0.481 e. The summed E-state index contributed by atoms with van der Waals surface area (Å²) in [6, 6.07) is 0. The van der Waals surface area contributed by atoms with E-state index in [4.69, 9.17) is 11.5 Å². The molecule has 1 N–H and O–H groups in total. The van der Waals surface area contributed by atoms with Crippen LogP contribution < -0.4 is 0 Å². The van der Waals surface area contributed by atoms with Crippen molar-refractivity contribution in [1.29, 1.82) is 0 Å². The van der Waals surface area contributed by atoms with E-state index in [2.05, 4.69) is 17.0 Å². The lowest BCUT2D eigenvalue weighted by Crippen LogP contribution is -1.93. The van der Waals surface area contributed by atoms with Crippen LogP contribution in [0.2, 0.25) is 0 Å². The van der Waals surface area contributed by atoms with Gasteiger partial charge in [-0.2, -0.15) is 0 Å². The number of nitrogens with zero attached hydrogens (tertiary/aromatic N) is 1. The fourth-order valence-electron chi connectivity index (χ4n) is 1.35. The molecule has 0 aromatic carbocycles. The number of aliphatic carboxylic acids is 1. The van der Waals surface area contributed by atoms with E-state index >= 15 is 0 Å². The topological polar surface area (TPSA) is 50.2 Å². The second-order valence-corrected chi connectivity index (χ2v) is 4.48. The maximum absolute atomic E-state index is 10.3. The normalized spacial score (nSPS) is 10.5. The van der Waals surface area contributed by atoms with Gasteiger partial charge in [0.2, 0.25) is 0 Å². The quantitative estimate of drug-likeness (QED) is 0.596. The van der Waals surface area contributed by atoms with Gasteiger partial charge in [-0.1, -0.05) is 12.5 Å². The lowest BCUT2D eigenvalue weighted by Gasteiger charge is -1.94. The number of thiazole rings is 1. The van der Waals surface area contributed by atoms with Crippen LogP contribution in [0.4, 0.5) is 0 Å². The highest BCUT2D eigenvalue weighted by atomic mass is 32.1. The molecule has 0 bridgehead atoms. The van der Waals surface area contributed by atoms with E-state index in [-0.39, 0.29) is 6.42 Å². The van der Waals surface area contributed by atoms with Gasteiger partial charge < -0.3 is 5.11 Å². The summed E-state index contributed by atoms with van der Waals surface area (Å²) in [6.07, 6.45) is 13.1. The Morgan fingerprint density at radius 1 is 1.53 bits per heavy atom. The van der Waals surface area contributed by atoms with Crippen LogP contribution in [-0.2, 0) is 4.79 Å². The van der Waals surface area contributed by atoms with Crippen LogP contribution in [0.1, 0.15) is 42.8 Å². The Morgan fingerprint density at radius 3 is 3.00 bits per heavy atom.